The van der Waals surface area contributed by atoms with Crippen molar-refractivity contribution in [3.8, 4) is 6.07 Å². The number of halogens is 1. The number of carbonyl (C=O) groups excluding carboxylic acids is 4. The molecule has 1 amide bonds. The Morgan fingerprint density at radius 1 is 1.19 bits per heavy atom. The first-order valence-electron chi connectivity index (χ1n) is 10.9. The summed E-state index contributed by atoms with van der Waals surface area (Å²) in [5.74, 6) is -6.96. The normalized spacial score (nSPS) is 38.2. The van der Waals surface area contributed by atoms with Gasteiger partial charge in [-0.1, -0.05) is 0 Å². The Labute approximate surface area is 184 Å². The Balaban J connectivity index is 1.40. The summed E-state index contributed by atoms with van der Waals surface area (Å²) in [5.41, 5.74) is -0.774. The lowest BCUT2D eigenvalue weighted by Gasteiger charge is -2.52. The fourth-order valence-corrected chi connectivity index (χ4v) is 5.33. The second-order valence-electron chi connectivity index (χ2n) is 9.06. The van der Waals surface area contributed by atoms with Crippen LogP contribution in [0.3, 0.4) is 0 Å². The fraction of sp³-hybridized carbons (Fsp3) is 0.762. The van der Waals surface area contributed by atoms with Crippen LogP contribution in [0.2, 0.25) is 0 Å². The Bertz CT molecular complexity index is 843. The van der Waals surface area contributed by atoms with Gasteiger partial charge in [-0.2, -0.15) is 5.26 Å². The van der Waals surface area contributed by atoms with Crippen molar-refractivity contribution < 1.29 is 37.8 Å². The highest BCUT2D eigenvalue weighted by atomic mass is 19.1. The van der Waals surface area contributed by atoms with E-state index in [1.54, 1.807) is 6.92 Å². The molecule has 2 bridgehead atoms. The van der Waals surface area contributed by atoms with Crippen LogP contribution in [0.1, 0.15) is 51.9 Å². The van der Waals surface area contributed by atoms with Crippen LogP contribution in [0.4, 0.5) is 4.39 Å². The number of fused-ring (bicyclic) bond motifs is 3. The minimum atomic E-state index is -2.16. The molecule has 1 N–H and O–H groups in total. The molecule has 0 aromatic heterocycles. The van der Waals surface area contributed by atoms with Gasteiger partial charge in [-0.25, -0.2) is 14.0 Å². The van der Waals surface area contributed by atoms with Crippen molar-refractivity contribution in [2.24, 2.45) is 11.3 Å². The molecule has 2 aliphatic heterocycles. The highest BCUT2D eigenvalue weighted by molar-refractivity contribution is 5.99. The second-order valence-corrected chi connectivity index (χ2v) is 9.06. The van der Waals surface area contributed by atoms with Gasteiger partial charge >= 0.3 is 23.8 Å². The van der Waals surface area contributed by atoms with Gasteiger partial charge in [-0.05, 0) is 45.4 Å². The standard InChI is InChI=1S/C21H26FN3O7/c1-2-30-18(29)19-3-6-20(7-4-19,8-5-19)24-11-15(26)25-12-13(22)9-21(25)31-16(27)14(10-23)17(28)32-21/h13-14,24H,2-9,11-12H2,1H3. The van der Waals surface area contributed by atoms with Gasteiger partial charge < -0.3 is 19.5 Å². The third-order valence-electron chi connectivity index (χ3n) is 7.26. The number of nitrogens with one attached hydrogen (secondary N) is 1. The van der Waals surface area contributed by atoms with Crippen molar-refractivity contribution in [1.82, 2.24) is 10.2 Å². The maximum absolute atomic E-state index is 14.2. The summed E-state index contributed by atoms with van der Waals surface area (Å²) >= 11 is 0. The van der Waals surface area contributed by atoms with Crippen molar-refractivity contribution in [2.45, 2.75) is 69.5 Å². The van der Waals surface area contributed by atoms with Gasteiger partial charge in [0.25, 0.3) is 0 Å². The van der Waals surface area contributed by atoms with Crippen LogP contribution in [-0.4, -0.2) is 66.0 Å². The van der Waals surface area contributed by atoms with Crippen molar-refractivity contribution in [2.75, 3.05) is 19.7 Å². The summed E-state index contributed by atoms with van der Waals surface area (Å²) < 4.78 is 29.7. The Morgan fingerprint density at radius 2 is 1.78 bits per heavy atom. The maximum Gasteiger partial charge on any atom is 0.347 e. The van der Waals surface area contributed by atoms with Gasteiger partial charge in [0.2, 0.25) is 11.8 Å². The number of likely N-dealkylation sites (tertiary alicyclic amines) is 1. The summed E-state index contributed by atoms with van der Waals surface area (Å²) in [6, 6.07) is 1.48. The Hall–Kier alpha value is -2.74. The highest BCUT2D eigenvalue weighted by Crippen LogP contribution is 2.53. The summed E-state index contributed by atoms with van der Waals surface area (Å²) in [4.78, 5) is 50.4. The number of nitrogens with zero attached hydrogens (tertiary/aromatic N) is 2. The summed E-state index contributed by atoms with van der Waals surface area (Å²) in [6.45, 7) is 1.57. The van der Waals surface area contributed by atoms with Gasteiger partial charge in [-0.3, -0.25) is 14.5 Å². The molecule has 0 radical (unpaired) electrons. The average molecular weight is 451 g/mol. The molecule has 5 fully saturated rings. The molecule has 1 spiro atoms. The number of carbonyl (C=O) groups is 4. The highest BCUT2D eigenvalue weighted by Gasteiger charge is 2.60. The van der Waals surface area contributed by atoms with Crippen LogP contribution in [0, 0.1) is 22.7 Å². The quantitative estimate of drug-likeness (QED) is 0.473. The smallest absolute Gasteiger partial charge is 0.347 e. The number of esters is 3. The van der Waals surface area contributed by atoms with Crippen LogP contribution in [0.15, 0.2) is 0 Å². The predicted octanol–water partition coefficient (Wildman–Crippen LogP) is 0.696. The zero-order valence-corrected chi connectivity index (χ0v) is 17.9. The van der Waals surface area contributed by atoms with E-state index in [4.69, 9.17) is 19.5 Å². The van der Waals surface area contributed by atoms with Gasteiger partial charge in [0, 0.05) is 5.54 Å². The van der Waals surface area contributed by atoms with Crippen molar-refractivity contribution >= 4 is 23.8 Å². The second kappa shape index (κ2) is 7.99. The van der Waals surface area contributed by atoms with Crippen molar-refractivity contribution in [3.63, 3.8) is 0 Å². The van der Waals surface area contributed by atoms with Gasteiger partial charge in [0.05, 0.1) is 37.6 Å². The maximum atomic E-state index is 14.2. The Morgan fingerprint density at radius 3 is 2.31 bits per heavy atom. The predicted molar refractivity (Wildman–Crippen MR) is 103 cm³/mol. The number of nitriles is 1. The summed E-state index contributed by atoms with van der Waals surface area (Å²) in [6.07, 6.45) is 2.04. The molecule has 11 heteroatoms. The van der Waals surface area contributed by atoms with Crippen molar-refractivity contribution in [1.29, 1.82) is 5.26 Å². The van der Waals surface area contributed by atoms with Crippen LogP contribution >= 0.6 is 0 Å². The summed E-state index contributed by atoms with van der Waals surface area (Å²) in [7, 11) is 0. The molecule has 174 valence electrons. The Kier molecular flexibility index (Phi) is 5.61. The van der Waals surface area contributed by atoms with Crippen LogP contribution in [0.5, 0.6) is 0 Å². The average Bonchev–Trinajstić information content (AvgIpc) is 3.08. The first-order valence-corrected chi connectivity index (χ1v) is 10.9. The lowest BCUT2D eigenvalue weighted by atomic mass is 9.57. The molecular formula is C21H26FN3O7. The number of hydrogen-bond donors (Lipinski definition) is 1. The monoisotopic (exact) mass is 451 g/mol. The topological polar surface area (TPSA) is 135 Å². The molecule has 10 nitrogen and oxygen atoms in total. The van der Waals surface area contributed by atoms with E-state index in [9.17, 15) is 23.6 Å². The number of amides is 1. The molecule has 1 unspecified atom stereocenters. The minimum absolute atomic E-state index is 0.158. The van der Waals surface area contributed by atoms with Gasteiger partial charge in [0.15, 0.2) is 0 Å². The third-order valence-corrected chi connectivity index (χ3v) is 7.26. The first-order chi connectivity index (χ1) is 15.2. The van der Waals surface area contributed by atoms with Crippen LogP contribution in [-0.2, 0) is 33.4 Å². The lowest BCUT2D eigenvalue weighted by molar-refractivity contribution is -0.287. The fourth-order valence-electron chi connectivity index (χ4n) is 5.33. The lowest BCUT2D eigenvalue weighted by Crippen LogP contribution is -2.62. The molecule has 2 saturated heterocycles. The molecule has 1 atom stereocenters. The van der Waals surface area contributed by atoms with E-state index in [2.05, 4.69) is 5.32 Å². The molecule has 0 aromatic rings. The van der Waals surface area contributed by atoms with Crippen LogP contribution in [0.25, 0.3) is 0 Å². The van der Waals surface area contributed by atoms with E-state index in [1.807, 2.05) is 0 Å². The third kappa shape index (κ3) is 3.60. The molecule has 3 aliphatic carbocycles. The zero-order chi connectivity index (χ0) is 23.1. The van der Waals surface area contributed by atoms with Gasteiger partial charge in [-0.15, -0.1) is 0 Å². The largest absolute Gasteiger partial charge is 0.466 e. The van der Waals surface area contributed by atoms with E-state index in [0.29, 0.717) is 45.1 Å². The molecule has 2 heterocycles. The minimum Gasteiger partial charge on any atom is -0.466 e. The van der Waals surface area contributed by atoms with Crippen LogP contribution < -0.4 is 5.32 Å². The molecule has 5 rings (SSSR count). The SMILES string of the molecule is CCOC(=O)C12CCC(NCC(=O)N3CC(F)CC34OC(=O)C(C#N)C(=O)O4)(CC1)CC2. The molecular weight excluding hydrogens is 425 g/mol. The number of alkyl halides is 1. The summed E-state index contributed by atoms with van der Waals surface area (Å²) in [5, 5.41) is 12.2. The van der Waals surface area contributed by atoms with E-state index in [0.717, 1.165) is 4.90 Å². The van der Waals surface area contributed by atoms with E-state index < -0.39 is 54.2 Å². The number of rotatable bonds is 5. The number of hydrogen-bond acceptors (Lipinski definition) is 9. The van der Waals surface area contributed by atoms with Crippen molar-refractivity contribution in [3.05, 3.63) is 0 Å². The van der Waals surface area contributed by atoms with E-state index >= 15 is 0 Å². The first kappa shape index (κ1) is 22.5. The molecule has 32 heavy (non-hydrogen) atoms. The van der Waals surface area contributed by atoms with E-state index in [1.165, 1.54) is 6.07 Å². The zero-order valence-electron chi connectivity index (χ0n) is 17.9. The van der Waals surface area contributed by atoms with Gasteiger partial charge in [0.1, 0.15) is 6.17 Å². The molecule has 5 aliphatic rings. The van der Waals surface area contributed by atoms with E-state index in [-0.39, 0.29) is 18.1 Å². The molecule has 3 saturated carbocycles. The molecule has 0 aromatic carbocycles. The number of ether oxygens (including phenoxy) is 3.